The molecule has 0 fully saturated rings. The fraction of sp³-hybridized carbons (Fsp3) is 0.125. The van der Waals surface area contributed by atoms with Gasteiger partial charge in [-0.3, -0.25) is 0 Å². The largest absolute Gasteiger partial charge is 0.384 e. The number of aliphatic hydroxyl groups excluding tert-OH is 1. The van der Waals surface area contributed by atoms with Gasteiger partial charge in [-0.1, -0.05) is 60.7 Å². The molecule has 86 valence electrons. The molecule has 17 heavy (non-hydrogen) atoms. The van der Waals surface area contributed by atoms with E-state index in [2.05, 4.69) is 30.8 Å². The van der Waals surface area contributed by atoms with E-state index >= 15 is 0 Å². The highest BCUT2D eigenvalue weighted by Crippen LogP contribution is 2.16. The van der Waals surface area contributed by atoms with Crippen LogP contribution < -0.4 is 0 Å². The molecule has 2 aromatic carbocycles. The maximum atomic E-state index is 9.59. The molecule has 0 saturated carbocycles. The first kappa shape index (κ1) is 11.6. The first-order chi connectivity index (χ1) is 8.29. The highest BCUT2D eigenvalue weighted by atomic mass is 16.3. The Kier molecular flexibility index (Phi) is 3.73. The van der Waals surface area contributed by atoms with Crippen molar-refractivity contribution in [3.63, 3.8) is 0 Å². The highest BCUT2D eigenvalue weighted by Gasteiger charge is 2.02. The van der Waals surface area contributed by atoms with Gasteiger partial charge in [0, 0.05) is 0 Å². The smallest absolute Gasteiger partial charge is 0.0969 e. The minimum Gasteiger partial charge on any atom is -0.384 e. The van der Waals surface area contributed by atoms with Crippen LogP contribution >= 0.6 is 0 Å². The van der Waals surface area contributed by atoms with Crippen molar-refractivity contribution < 1.29 is 5.11 Å². The molecule has 0 aliphatic heterocycles. The zero-order valence-electron chi connectivity index (χ0n) is 9.71. The minimum absolute atomic E-state index is 0.569. The van der Waals surface area contributed by atoms with Gasteiger partial charge < -0.3 is 5.11 Å². The first-order valence-electron chi connectivity index (χ1n) is 5.73. The first-order valence-corrected chi connectivity index (χ1v) is 5.73. The van der Waals surface area contributed by atoms with Gasteiger partial charge in [0.15, 0.2) is 0 Å². The van der Waals surface area contributed by atoms with Crippen LogP contribution in [0.25, 0.3) is 0 Å². The van der Waals surface area contributed by atoms with Gasteiger partial charge >= 0.3 is 0 Å². The number of hydrogen-bond donors (Lipinski definition) is 1. The Morgan fingerprint density at radius 3 is 2.12 bits per heavy atom. The third kappa shape index (κ3) is 3.05. The zero-order valence-corrected chi connectivity index (χ0v) is 9.71. The quantitative estimate of drug-likeness (QED) is 0.788. The number of hydrogen-bond acceptors (Lipinski definition) is 1. The normalized spacial score (nSPS) is 12.1. The Balaban J connectivity index is 2.11. The van der Waals surface area contributed by atoms with E-state index in [1.807, 2.05) is 30.3 Å². The summed E-state index contributed by atoms with van der Waals surface area (Å²) in [7, 11) is 0. The average molecular weight is 224 g/mol. The third-order valence-corrected chi connectivity index (χ3v) is 2.80. The van der Waals surface area contributed by atoms with E-state index in [1.165, 1.54) is 17.2 Å². The Morgan fingerprint density at radius 2 is 1.53 bits per heavy atom. The van der Waals surface area contributed by atoms with Crippen molar-refractivity contribution in [3.05, 3.63) is 83.9 Å². The number of aliphatic hydroxyl groups is 1. The zero-order chi connectivity index (χ0) is 12.1. The van der Waals surface area contributed by atoms with Crippen molar-refractivity contribution in [2.24, 2.45) is 0 Å². The van der Waals surface area contributed by atoms with Crippen LogP contribution in [0.1, 0.15) is 22.8 Å². The minimum atomic E-state index is -0.569. The van der Waals surface area contributed by atoms with Gasteiger partial charge in [0.25, 0.3) is 0 Å². The highest BCUT2D eigenvalue weighted by molar-refractivity contribution is 5.30. The predicted molar refractivity (Wildman–Crippen MR) is 70.8 cm³/mol. The summed E-state index contributed by atoms with van der Waals surface area (Å²) < 4.78 is 0. The van der Waals surface area contributed by atoms with Gasteiger partial charge in [-0.25, -0.2) is 0 Å². The summed E-state index contributed by atoms with van der Waals surface area (Å²) >= 11 is 0. The number of benzene rings is 2. The molecule has 1 N–H and O–H groups in total. The molecule has 2 rings (SSSR count). The summed E-state index contributed by atoms with van der Waals surface area (Å²) in [5.74, 6) is 0. The molecule has 1 nitrogen and oxygen atoms in total. The van der Waals surface area contributed by atoms with Crippen molar-refractivity contribution in [3.8, 4) is 0 Å². The fourth-order valence-corrected chi connectivity index (χ4v) is 1.80. The molecule has 0 amide bonds. The molecule has 0 aliphatic carbocycles. The van der Waals surface area contributed by atoms with E-state index in [0.29, 0.717) is 0 Å². The summed E-state index contributed by atoms with van der Waals surface area (Å²) in [4.78, 5) is 0. The molecule has 0 radical (unpaired) electrons. The van der Waals surface area contributed by atoms with E-state index in [1.54, 1.807) is 0 Å². The van der Waals surface area contributed by atoms with Crippen molar-refractivity contribution in [2.75, 3.05) is 0 Å². The lowest BCUT2D eigenvalue weighted by Crippen LogP contribution is -1.93. The van der Waals surface area contributed by atoms with E-state index in [4.69, 9.17) is 0 Å². The predicted octanol–water partition coefficient (Wildman–Crippen LogP) is 3.50. The second-order valence-corrected chi connectivity index (χ2v) is 4.08. The van der Waals surface area contributed by atoms with Crippen LogP contribution in [-0.2, 0) is 6.42 Å². The van der Waals surface area contributed by atoms with Crippen molar-refractivity contribution in [2.45, 2.75) is 12.5 Å². The Bertz CT molecular complexity index is 471. The van der Waals surface area contributed by atoms with Gasteiger partial charge in [-0.05, 0) is 23.1 Å². The average Bonchev–Trinajstić information content (AvgIpc) is 2.40. The van der Waals surface area contributed by atoms with Crippen molar-refractivity contribution >= 4 is 0 Å². The summed E-state index contributed by atoms with van der Waals surface area (Å²) in [6, 6.07) is 18.3. The van der Waals surface area contributed by atoms with Gasteiger partial charge in [0.1, 0.15) is 0 Å². The van der Waals surface area contributed by atoms with E-state index in [0.717, 1.165) is 12.0 Å². The lowest BCUT2D eigenvalue weighted by Gasteiger charge is -2.07. The molecule has 0 heterocycles. The van der Waals surface area contributed by atoms with Gasteiger partial charge in [-0.15, -0.1) is 6.58 Å². The van der Waals surface area contributed by atoms with E-state index in [-0.39, 0.29) is 0 Å². The molecule has 0 bridgehead atoms. The SMILES string of the molecule is C=CC(O)c1ccc(Cc2ccccc2)cc1. The fourth-order valence-electron chi connectivity index (χ4n) is 1.80. The topological polar surface area (TPSA) is 20.2 Å². The molecule has 1 unspecified atom stereocenters. The monoisotopic (exact) mass is 224 g/mol. The second-order valence-electron chi connectivity index (χ2n) is 4.08. The van der Waals surface area contributed by atoms with Crippen LogP contribution in [0, 0.1) is 0 Å². The van der Waals surface area contributed by atoms with E-state index < -0.39 is 6.10 Å². The van der Waals surface area contributed by atoms with Crippen LogP contribution in [0.5, 0.6) is 0 Å². The molecular formula is C16H16O. The van der Waals surface area contributed by atoms with Gasteiger partial charge in [-0.2, -0.15) is 0 Å². The van der Waals surface area contributed by atoms with Gasteiger partial charge in [0.2, 0.25) is 0 Å². The molecule has 1 heteroatoms. The van der Waals surface area contributed by atoms with Crippen LogP contribution in [0.4, 0.5) is 0 Å². The molecule has 0 spiro atoms. The third-order valence-electron chi connectivity index (χ3n) is 2.80. The molecule has 0 aliphatic rings. The van der Waals surface area contributed by atoms with Crippen molar-refractivity contribution in [1.82, 2.24) is 0 Å². The number of rotatable bonds is 4. The summed E-state index contributed by atoms with van der Waals surface area (Å²) in [5, 5.41) is 9.59. The molecule has 2 aromatic rings. The Labute approximate surface area is 102 Å². The van der Waals surface area contributed by atoms with Crippen LogP contribution in [-0.4, -0.2) is 5.11 Å². The lowest BCUT2D eigenvalue weighted by atomic mass is 10.0. The summed E-state index contributed by atoms with van der Waals surface area (Å²) in [6.07, 6.45) is 1.89. The van der Waals surface area contributed by atoms with Crippen LogP contribution in [0.15, 0.2) is 67.3 Å². The molecule has 0 saturated heterocycles. The summed E-state index contributed by atoms with van der Waals surface area (Å²) in [6.45, 7) is 3.58. The summed E-state index contributed by atoms with van der Waals surface area (Å²) in [5.41, 5.74) is 3.43. The maximum absolute atomic E-state index is 9.59. The van der Waals surface area contributed by atoms with Crippen LogP contribution in [0.2, 0.25) is 0 Å². The molecular weight excluding hydrogens is 208 g/mol. The maximum Gasteiger partial charge on any atom is 0.0969 e. The lowest BCUT2D eigenvalue weighted by molar-refractivity contribution is 0.229. The Hall–Kier alpha value is -1.86. The standard InChI is InChI=1S/C16H16O/c1-2-16(17)15-10-8-14(9-11-15)12-13-6-4-3-5-7-13/h2-11,16-17H,1,12H2. The second kappa shape index (κ2) is 5.46. The molecule has 0 aromatic heterocycles. The van der Waals surface area contributed by atoms with Crippen LogP contribution in [0.3, 0.4) is 0 Å². The van der Waals surface area contributed by atoms with E-state index in [9.17, 15) is 5.11 Å². The van der Waals surface area contributed by atoms with Crippen molar-refractivity contribution in [1.29, 1.82) is 0 Å². The van der Waals surface area contributed by atoms with Gasteiger partial charge in [0.05, 0.1) is 6.10 Å². The Morgan fingerprint density at radius 1 is 0.941 bits per heavy atom. The molecule has 1 atom stereocenters.